The third-order valence-corrected chi connectivity index (χ3v) is 5.63. The number of nitrogens with zero attached hydrogens (tertiary/aromatic N) is 1. The summed E-state index contributed by atoms with van der Waals surface area (Å²) in [5, 5.41) is 11.1. The van der Waals surface area contributed by atoms with Gasteiger partial charge in [-0.3, -0.25) is 14.5 Å². The molecular formula is C28H26FNO4. The first-order valence-electron chi connectivity index (χ1n) is 11.1. The quantitative estimate of drug-likeness (QED) is 0.288. The first-order chi connectivity index (χ1) is 16.3. The second kappa shape index (κ2) is 9.51. The topological polar surface area (TPSA) is 66.8 Å². The summed E-state index contributed by atoms with van der Waals surface area (Å²) in [4.78, 5) is 27.8. The number of ether oxygens (including phenoxy) is 1. The minimum absolute atomic E-state index is 0.0572. The number of rotatable bonds is 6. The van der Waals surface area contributed by atoms with E-state index in [1.807, 2.05) is 39.0 Å². The fourth-order valence-corrected chi connectivity index (χ4v) is 3.92. The maximum absolute atomic E-state index is 13.5. The van der Waals surface area contributed by atoms with E-state index in [4.69, 9.17) is 4.74 Å². The Morgan fingerprint density at radius 2 is 1.71 bits per heavy atom. The van der Waals surface area contributed by atoms with Gasteiger partial charge in [-0.1, -0.05) is 43.7 Å². The van der Waals surface area contributed by atoms with Gasteiger partial charge in [0.1, 0.15) is 17.3 Å². The molecule has 174 valence electrons. The lowest BCUT2D eigenvalue weighted by atomic mass is 9.95. The Bertz CT molecular complexity index is 1250. The molecule has 0 spiro atoms. The summed E-state index contributed by atoms with van der Waals surface area (Å²) in [6.07, 6.45) is 0. The fraction of sp³-hybridized carbons (Fsp3) is 0.214. The molecule has 1 N–H and O–H groups in total. The third kappa shape index (κ3) is 4.57. The number of halogens is 1. The molecule has 1 amide bonds. The van der Waals surface area contributed by atoms with E-state index >= 15 is 0 Å². The van der Waals surface area contributed by atoms with E-state index in [0.717, 1.165) is 5.56 Å². The van der Waals surface area contributed by atoms with Crippen molar-refractivity contribution in [2.45, 2.75) is 26.8 Å². The zero-order chi connectivity index (χ0) is 24.4. The van der Waals surface area contributed by atoms with Crippen LogP contribution in [0.15, 0.2) is 78.4 Å². The molecule has 1 unspecified atom stereocenters. The molecule has 34 heavy (non-hydrogen) atoms. The molecule has 0 aromatic heterocycles. The largest absolute Gasteiger partial charge is 0.507 e. The lowest BCUT2D eigenvalue weighted by molar-refractivity contribution is -0.132. The molecule has 0 aliphatic carbocycles. The Morgan fingerprint density at radius 1 is 1.03 bits per heavy atom. The number of hydrogen-bond donors (Lipinski definition) is 1. The number of benzene rings is 3. The standard InChI is InChI=1S/C28H26FNO4/c1-17(2)16-34-23-6-4-5-20(15-23)25-24(26(31)19-9-11-21(29)12-10-19)27(32)28(33)30(25)22-13-7-18(3)8-14-22/h4-15,17,25,31H,16H2,1-3H3/b26-24-. The highest BCUT2D eigenvalue weighted by Crippen LogP contribution is 2.42. The third-order valence-electron chi connectivity index (χ3n) is 5.63. The minimum atomic E-state index is -0.879. The summed E-state index contributed by atoms with van der Waals surface area (Å²) < 4.78 is 19.3. The second-order valence-electron chi connectivity index (χ2n) is 8.79. The van der Waals surface area contributed by atoms with Crippen LogP contribution in [0.2, 0.25) is 0 Å². The van der Waals surface area contributed by atoms with Gasteiger partial charge >= 0.3 is 0 Å². The highest BCUT2D eigenvalue weighted by atomic mass is 19.1. The molecular weight excluding hydrogens is 433 g/mol. The maximum Gasteiger partial charge on any atom is 0.300 e. The van der Waals surface area contributed by atoms with Gasteiger partial charge in [0.15, 0.2) is 0 Å². The van der Waals surface area contributed by atoms with E-state index in [9.17, 15) is 19.1 Å². The number of ketones is 1. The van der Waals surface area contributed by atoms with Gasteiger partial charge < -0.3 is 9.84 Å². The second-order valence-corrected chi connectivity index (χ2v) is 8.79. The van der Waals surface area contributed by atoms with Crippen LogP contribution >= 0.6 is 0 Å². The molecule has 3 aromatic carbocycles. The number of aryl methyl sites for hydroxylation is 1. The number of Topliss-reactive ketones (excluding diaryl/α,β-unsaturated/α-hetero) is 1. The molecule has 0 radical (unpaired) electrons. The Morgan fingerprint density at radius 3 is 2.35 bits per heavy atom. The molecule has 1 aliphatic rings. The van der Waals surface area contributed by atoms with Crippen molar-refractivity contribution < 1.29 is 23.8 Å². The fourth-order valence-electron chi connectivity index (χ4n) is 3.92. The van der Waals surface area contributed by atoms with Crippen molar-refractivity contribution in [3.8, 4) is 5.75 Å². The van der Waals surface area contributed by atoms with Crippen LogP contribution in [0.25, 0.3) is 5.76 Å². The maximum atomic E-state index is 13.5. The zero-order valence-electron chi connectivity index (χ0n) is 19.3. The van der Waals surface area contributed by atoms with E-state index in [0.29, 0.717) is 29.5 Å². The number of aliphatic hydroxyl groups excluding tert-OH is 1. The summed E-state index contributed by atoms with van der Waals surface area (Å²) in [7, 11) is 0. The number of carbonyl (C=O) groups excluding carboxylic acids is 2. The predicted molar refractivity (Wildman–Crippen MR) is 129 cm³/mol. The van der Waals surface area contributed by atoms with Gasteiger partial charge in [-0.25, -0.2) is 4.39 Å². The van der Waals surface area contributed by atoms with Crippen molar-refractivity contribution in [1.82, 2.24) is 0 Å². The van der Waals surface area contributed by atoms with Crippen molar-refractivity contribution in [3.05, 3.63) is 101 Å². The van der Waals surface area contributed by atoms with Crippen molar-refractivity contribution >= 4 is 23.1 Å². The van der Waals surface area contributed by atoms with E-state index < -0.39 is 23.5 Å². The molecule has 3 aromatic rings. The summed E-state index contributed by atoms with van der Waals surface area (Å²) in [6, 6.07) is 18.7. The van der Waals surface area contributed by atoms with Crippen LogP contribution in [0.4, 0.5) is 10.1 Å². The van der Waals surface area contributed by atoms with Crippen molar-refractivity contribution in [2.24, 2.45) is 5.92 Å². The minimum Gasteiger partial charge on any atom is -0.507 e. The van der Waals surface area contributed by atoms with Crippen LogP contribution in [-0.2, 0) is 9.59 Å². The number of hydrogen-bond acceptors (Lipinski definition) is 4. The normalized spacial score (nSPS) is 17.4. The highest BCUT2D eigenvalue weighted by molar-refractivity contribution is 6.51. The lowest BCUT2D eigenvalue weighted by Crippen LogP contribution is -2.29. The highest BCUT2D eigenvalue weighted by Gasteiger charge is 2.47. The molecule has 5 nitrogen and oxygen atoms in total. The van der Waals surface area contributed by atoms with Crippen molar-refractivity contribution in [3.63, 3.8) is 0 Å². The summed E-state index contributed by atoms with van der Waals surface area (Å²) in [5.41, 5.74) is 2.35. The molecule has 1 fully saturated rings. The Kier molecular flexibility index (Phi) is 6.50. The molecule has 4 rings (SSSR count). The molecule has 0 saturated carbocycles. The number of anilines is 1. The number of carbonyl (C=O) groups is 2. The molecule has 1 aliphatic heterocycles. The van der Waals surface area contributed by atoms with E-state index in [2.05, 4.69) is 0 Å². The van der Waals surface area contributed by atoms with Crippen LogP contribution in [-0.4, -0.2) is 23.4 Å². The summed E-state index contributed by atoms with van der Waals surface area (Å²) in [5.74, 6) is -1.45. The average molecular weight is 460 g/mol. The molecule has 1 saturated heterocycles. The summed E-state index contributed by atoms with van der Waals surface area (Å²) in [6.45, 7) is 6.52. The Balaban J connectivity index is 1.88. The molecule has 6 heteroatoms. The summed E-state index contributed by atoms with van der Waals surface area (Å²) >= 11 is 0. The van der Waals surface area contributed by atoms with Crippen LogP contribution in [0, 0.1) is 18.7 Å². The van der Waals surface area contributed by atoms with Gasteiger partial charge in [-0.05, 0) is 66.9 Å². The van der Waals surface area contributed by atoms with Crippen LogP contribution < -0.4 is 9.64 Å². The van der Waals surface area contributed by atoms with Crippen LogP contribution in [0.5, 0.6) is 5.75 Å². The van der Waals surface area contributed by atoms with Crippen molar-refractivity contribution in [2.75, 3.05) is 11.5 Å². The van der Waals surface area contributed by atoms with Gasteiger partial charge in [-0.15, -0.1) is 0 Å². The first kappa shape index (κ1) is 23.2. The van der Waals surface area contributed by atoms with Gasteiger partial charge in [0.2, 0.25) is 0 Å². The Hall–Kier alpha value is -3.93. The molecule has 0 bridgehead atoms. The molecule has 1 atom stereocenters. The van der Waals surface area contributed by atoms with Gasteiger partial charge in [-0.2, -0.15) is 0 Å². The predicted octanol–water partition coefficient (Wildman–Crippen LogP) is 5.80. The van der Waals surface area contributed by atoms with Gasteiger partial charge in [0.05, 0.1) is 18.2 Å². The first-order valence-corrected chi connectivity index (χ1v) is 11.1. The average Bonchev–Trinajstić information content (AvgIpc) is 3.09. The Labute approximate surface area is 198 Å². The monoisotopic (exact) mass is 459 g/mol. The smallest absolute Gasteiger partial charge is 0.300 e. The van der Waals surface area contributed by atoms with E-state index in [-0.39, 0.29) is 16.9 Å². The lowest BCUT2D eigenvalue weighted by Gasteiger charge is -2.26. The van der Waals surface area contributed by atoms with Crippen molar-refractivity contribution in [1.29, 1.82) is 0 Å². The van der Waals surface area contributed by atoms with E-state index in [1.165, 1.54) is 29.2 Å². The van der Waals surface area contributed by atoms with Crippen LogP contribution in [0.1, 0.15) is 36.6 Å². The van der Waals surface area contributed by atoms with Gasteiger partial charge in [0.25, 0.3) is 11.7 Å². The zero-order valence-corrected chi connectivity index (χ0v) is 19.3. The van der Waals surface area contributed by atoms with E-state index in [1.54, 1.807) is 30.3 Å². The number of amides is 1. The van der Waals surface area contributed by atoms with Gasteiger partial charge in [0, 0.05) is 11.3 Å². The SMILES string of the molecule is Cc1ccc(N2C(=O)C(=O)/C(=C(\O)c3ccc(F)cc3)C2c2cccc(OCC(C)C)c2)cc1. The molecule has 1 heterocycles. The van der Waals surface area contributed by atoms with Crippen LogP contribution in [0.3, 0.4) is 0 Å². The number of aliphatic hydroxyl groups is 1.